The van der Waals surface area contributed by atoms with E-state index in [0.717, 1.165) is 41.9 Å². The first kappa shape index (κ1) is 14.7. The average molecular weight is 306 g/mol. The summed E-state index contributed by atoms with van der Waals surface area (Å²) < 4.78 is 0. The van der Waals surface area contributed by atoms with Crippen LogP contribution in [0.25, 0.3) is 0 Å². The average Bonchev–Trinajstić information content (AvgIpc) is 2.77. The van der Waals surface area contributed by atoms with Gasteiger partial charge in [-0.2, -0.15) is 0 Å². The molecule has 2 aliphatic rings. The van der Waals surface area contributed by atoms with Gasteiger partial charge in [-0.1, -0.05) is 37.6 Å². The number of guanidine groups is 1. The first-order valence-electron chi connectivity index (χ1n) is 7.88. The van der Waals surface area contributed by atoms with E-state index in [1.807, 2.05) is 24.3 Å². The minimum Gasteiger partial charge on any atom is -0.369 e. The van der Waals surface area contributed by atoms with E-state index >= 15 is 0 Å². The van der Waals surface area contributed by atoms with Crippen molar-refractivity contribution >= 4 is 23.2 Å². The molecule has 1 aliphatic carbocycles. The number of nitrogens with zero attached hydrogens (tertiary/aromatic N) is 2. The van der Waals surface area contributed by atoms with Crippen molar-refractivity contribution in [2.45, 2.75) is 45.1 Å². The number of benzene rings is 1. The largest absolute Gasteiger partial charge is 0.369 e. The summed E-state index contributed by atoms with van der Waals surface area (Å²) in [4.78, 5) is 6.74. The second-order valence-electron chi connectivity index (χ2n) is 6.77. The van der Waals surface area contributed by atoms with Gasteiger partial charge in [-0.3, -0.25) is 4.99 Å². The zero-order chi connectivity index (χ0) is 15.0. The van der Waals surface area contributed by atoms with Gasteiger partial charge in [-0.15, -0.1) is 0 Å². The summed E-state index contributed by atoms with van der Waals surface area (Å²) in [5.74, 6) is 2.20. The topological polar surface area (TPSA) is 41.6 Å². The molecule has 3 nitrogen and oxygen atoms in total. The first-order valence-corrected chi connectivity index (χ1v) is 8.26. The van der Waals surface area contributed by atoms with Gasteiger partial charge in [0.05, 0.1) is 22.8 Å². The van der Waals surface area contributed by atoms with Crippen molar-refractivity contribution in [3.05, 3.63) is 29.3 Å². The van der Waals surface area contributed by atoms with Crippen molar-refractivity contribution in [2.24, 2.45) is 22.6 Å². The number of halogens is 1. The zero-order valence-corrected chi connectivity index (χ0v) is 13.6. The minimum absolute atomic E-state index is 0.0421. The predicted octanol–water partition coefficient (Wildman–Crippen LogP) is 4.06. The van der Waals surface area contributed by atoms with Crippen LogP contribution in [-0.2, 0) is 0 Å². The number of aliphatic imine (C=N–C) groups is 1. The van der Waals surface area contributed by atoms with Crippen LogP contribution >= 0.6 is 11.6 Å². The van der Waals surface area contributed by atoms with E-state index in [0.29, 0.717) is 5.96 Å². The van der Waals surface area contributed by atoms with E-state index in [1.54, 1.807) is 0 Å². The minimum atomic E-state index is 0.0421. The normalized spacial score (nSPS) is 29.2. The fourth-order valence-electron chi connectivity index (χ4n) is 3.85. The van der Waals surface area contributed by atoms with E-state index < -0.39 is 0 Å². The Morgan fingerprint density at radius 1 is 1.29 bits per heavy atom. The number of rotatable bonds is 2. The molecule has 1 fully saturated rings. The SMILES string of the molecule is CC(C)C1CCC2(CC1)CN=C(N)N2c1ccccc1Cl. The van der Waals surface area contributed by atoms with E-state index in [2.05, 4.69) is 23.7 Å². The van der Waals surface area contributed by atoms with Crippen LogP contribution in [0.15, 0.2) is 29.3 Å². The molecule has 0 atom stereocenters. The summed E-state index contributed by atoms with van der Waals surface area (Å²) in [6, 6.07) is 7.94. The molecule has 0 bridgehead atoms. The lowest BCUT2D eigenvalue weighted by atomic mass is 9.72. The van der Waals surface area contributed by atoms with Crippen molar-refractivity contribution in [3.63, 3.8) is 0 Å². The maximum absolute atomic E-state index is 6.40. The third-order valence-electron chi connectivity index (χ3n) is 5.24. The lowest BCUT2D eigenvalue weighted by Crippen LogP contribution is -2.54. The number of anilines is 1. The van der Waals surface area contributed by atoms with Crippen LogP contribution in [-0.4, -0.2) is 18.0 Å². The van der Waals surface area contributed by atoms with Crippen molar-refractivity contribution in [1.29, 1.82) is 0 Å². The van der Waals surface area contributed by atoms with Crippen molar-refractivity contribution < 1.29 is 0 Å². The maximum Gasteiger partial charge on any atom is 0.196 e. The van der Waals surface area contributed by atoms with Crippen LogP contribution in [0.5, 0.6) is 0 Å². The van der Waals surface area contributed by atoms with Crippen LogP contribution in [0.4, 0.5) is 5.69 Å². The monoisotopic (exact) mass is 305 g/mol. The highest BCUT2D eigenvalue weighted by Gasteiger charge is 2.46. The van der Waals surface area contributed by atoms with Gasteiger partial charge in [-0.25, -0.2) is 0 Å². The summed E-state index contributed by atoms with van der Waals surface area (Å²) in [6.07, 6.45) is 4.79. The third-order valence-corrected chi connectivity index (χ3v) is 5.56. The fraction of sp³-hybridized carbons (Fsp3) is 0.588. The van der Waals surface area contributed by atoms with Gasteiger partial charge in [0, 0.05) is 0 Å². The van der Waals surface area contributed by atoms with Gasteiger partial charge in [-0.05, 0) is 49.7 Å². The van der Waals surface area contributed by atoms with Crippen molar-refractivity contribution in [1.82, 2.24) is 0 Å². The predicted molar refractivity (Wildman–Crippen MR) is 89.9 cm³/mol. The molecule has 2 N–H and O–H groups in total. The van der Waals surface area contributed by atoms with Crippen LogP contribution in [0.3, 0.4) is 0 Å². The quantitative estimate of drug-likeness (QED) is 0.895. The molecule has 0 saturated heterocycles. The van der Waals surface area contributed by atoms with E-state index in [4.69, 9.17) is 17.3 Å². The summed E-state index contributed by atoms with van der Waals surface area (Å²) >= 11 is 6.40. The number of para-hydroxylation sites is 1. The summed E-state index contributed by atoms with van der Waals surface area (Å²) in [6.45, 7) is 5.46. The molecule has 21 heavy (non-hydrogen) atoms. The summed E-state index contributed by atoms with van der Waals surface area (Å²) in [7, 11) is 0. The van der Waals surface area contributed by atoms with Gasteiger partial charge < -0.3 is 10.6 Å². The van der Waals surface area contributed by atoms with Crippen LogP contribution in [0, 0.1) is 11.8 Å². The number of nitrogens with two attached hydrogens (primary N) is 1. The highest BCUT2D eigenvalue weighted by molar-refractivity contribution is 6.34. The maximum atomic E-state index is 6.40. The molecule has 1 aromatic rings. The van der Waals surface area contributed by atoms with Crippen molar-refractivity contribution in [3.8, 4) is 0 Å². The standard InChI is InChI=1S/C17H24ClN3/c1-12(2)13-7-9-17(10-8-13)11-20-16(19)21(17)15-6-4-3-5-14(15)18/h3-6,12-13H,7-11H2,1-2H3,(H2,19,20). The molecule has 0 aromatic heterocycles. The Morgan fingerprint density at radius 3 is 2.57 bits per heavy atom. The second-order valence-corrected chi connectivity index (χ2v) is 7.17. The van der Waals surface area contributed by atoms with Gasteiger partial charge in [0.15, 0.2) is 5.96 Å². The Morgan fingerprint density at radius 2 is 1.95 bits per heavy atom. The van der Waals surface area contributed by atoms with Crippen LogP contribution < -0.4 is 10.6 Å². The molecule has 3 rings (SSSR count). The van der Waals surface area contributed by atoms with Gasteiger partial charge in [0.2, 0.25) is 0 Å². The highest BCUT2D eigenvalue weighted by atomic mass is 35.5. The Labute approximate surface area is 132 Å². The molecule has 4 heteroatoms. The molecular weight excluding hydrogens is 282 g/mol. The highest BCUT2D eigenvalue weighted by Crippen LogP contribution is 2.44. The molecule has 0 unspecified atom stereocenters. The van der Waals surface area contributed by atoms with E-state index in [1.165, 1.54) is 12.8 Å². The molecule has 1 aliphatic heterocycles. The Hall–Kier alpha value is -1.22. The second kappa shape index (κ2) is 5.53. The Kier molecular flexibility index (Phi) is 3.87. The summed E-state index contributed by atoms with van der Waals surface area (Å²) in [5, 5.41) is 0.753. The number of hydrogen-bond acceptors (Lipinski definition) is 3. The lowest BCUT2D eigenvalue weighted by molar-refractivity contribution is 0.207. The molecule has 0 amide bonds. The molecular formula is C17H24ClN3. The molecule has 1 aromatic carbocycles. The van der Waals surface area contributed by atoms with E-state index in [-0.39, 0.29) is 5.54 Å². The van der Waals surface area contributed by atoms with Gasteiger partial charge >= 0.3 is 0 Å². The lowest BCUT2D eigenvalue weighted by Gasteiger charge is -2.45. The molecule has 1 saturated carbocycles. The third kappa shape index (κ3) is 2.52. The van der Waals surface area contributed by atoms with E-state index in [9.17, 15) is 0 Å². The molecule has 1 heterocycles. The number of hydrogen-bond donors (Lipinski definition) is 1. The Balaban J connectivity index is 1.88. The summed E-state index contributed by atoms with van der Waals surface area (Å²) in [5.41, 5.74) is 7.24. The van der Waals surface area contributed by atoms with Crippen LogP contribution in [0.2, 0.25) is 5.02 Å². The van der Waals surface area contributed by atoms with Gasteiger partial charge in [0.1, 0.15) is 0 Å². The van der Waals surface area contributed by atoms with Crippen molar-refractivity contribution in [2.75, 3.05) is 11.4 Å². The Bertz CT molecular complexity index is 545. The zero-order valence-electron chi connectivity index (χ0n) is 12.8. The smallest absolute Gasteiger partial charge is 0.196 e. The molecule has 114 valence electrons. The fourth-order valence-corrected chi connectivity index (χ4v) is 4.07. The molecule has 1 spiro atoms. The molecule has 0 radical (unpaired) electrons. The first-order chi connectivity index (χ1) is 10.0. The van der Waals surface area contributed by atoms with Gasteiger partial charge in [0.25, 0.3) is 0 Å². The van der Waals surface area contributed by atoms with Crippen LogP contribution in [0.1, 0.15) is 39.5 Å².